The van der Waals surface area contributed by atoms with Crippen LogP contribution >= 0.6 is 0 Å². The van der Waals surface area contributed by atoms with Crippen LogP contribution in [0.15, 0.2) is 24.3 Å². The average Bonchev–Trinajstić information content (AvgIpc) is 2.49. The maximum absolute atomic E-state index is 7.41. The number of ether oxygens (including phenoxy) is 2. The lowest BCUT2D eigenvalue weighted by Gasteiger charge is -2.43. The van der Waals surface area contributed by atoms with Crippen LogP contribution in [0.3, 0.4) is 0 Å². The first-order valence-electron chi connectivity index (χ1n) is 7.92. The van der Waals surface area contributed by atoms with Crippen LogP contribution in [0.25, 0.3) is 0 Å². The molecule has 1 aromatic carbocycles. The van der Waals surface area contributed by atoms with Gasteiger partial charge in [0.25, 0.3) is 0 Å². The highest BCUT2D eigenvalue weighted by Gasteiger charge is 2.39. The fourth-order valence-electron chi connectivity index (χ4n) is 3.53. The van der Waals surface area contributed by atoms with Crippen molar-refractivity contribution in [2.75, 3.05) is 6.61 Å². The van der Waals surface area contributed by atoms with Crippen LogP contribution in [0, 0.1) is 5.41 Å². The number of hydrogen-bond donors (Lipinski definition) is 2. The number of benzene rings is 1. The van der Waals surface area contributed by atoms with E-state index >= 15 is 0 Å². The number of nitrogens with two attached hydrogens (primary N) is 1. The van der Waals surface area contributed by atoms with E-state index in [9.17, 15) is 0 Å². The zero-order valence-electron chi connectivity index (χ0n) is 12.4. The number of nitrogens with one attached hydrogen (secondary N) is 1. The molecule has 1 aromatic rings. The molecule has 1 saturated carbocycles. The van der Waals surface area contributed by atoms with Gasteiger partial charge in [0.1, 0.15) is 17.7 Å². The molecular formula is C17H24N2O2. The van der Waals surface area contributed by atoms with Gasteiger partial charge in [-0.2, -0.15) is 0 Å². The zero-order valence-corrected chi connectivity index (χ0v) is 12.4. The fraction of sp³-hybridized carbons (Fsp3) is 0.588. The Morgan fingerprint density at radius 3 is 2.57 bits per heavy atom. The summed E-state index contributed by atoms with van der Waals surface area (Å²) in [7, 11) is 0. The topological polar surface area (TPSA) is 68.3 Å². The van der Waals surface area contributed by atoms with Crippen LogP contribution in [-0.4, -0.2) is 24.1 Å². The Balaban J connectivity index is 1.62. The average molecular weight is 288 g/mol. The molecule has 4 heteroatoms. The predicted octanol–water partition coefficient (Wildman–Crippen LogP) is 3.23. The van der Waals surface area contributed by atoms with Crippen molar-refractivity contribution >= 4 is 5.84 Å². The molecule has 4 nitrogen and oxygen atoms in total. The Morgan fingerprint density at radius 2 is 1.90 bits per heavy atom. The highest BCUT2D eigenvalue weighted by molar-refractivity contribution is 5.94. The monoisotopic (exact) mass is 288 g/mol. The molecule has 21 heavy (non-hydrogen) atoms. The first kappa shape index (κ1) is 14.4. The zero-order chi connectivity index (χ0) is 14.7. The van der Waals surface area contributed by atoms with Crippen LogP contribution in [0.2, 0.25) is 0 Å². The van der Waals surface area contributed by atoms with Crippen LogP contribution in [0.4, 0.5) is 0 Å². The molecule has 0 aromatic heterocycles. The smallest absolute Gasteiger partial charge is 0.122 e. The van der Waals surface area contributed by atoms with E-state index in [1.54, 1.807) is 0 Å². The molecule has 1 atom stereocenters. The van der Waals surface area contributed by atoms with Gasteiger partial charge in [0.2, 0.25) is 0 Å². The van der Waals surface area contributed by atoms with E-state index in [0.717, 1.165) is 30.8 Å². The normalized spacial score (nSPS) is 24.7. The minimum absolute atomic E-state index is 0.0699. The Bertz CT molecular complexity index is 487. The summed E-state index contributed by atoms with van der Waals surface area (Å²) in [5.74, 6) is 0.951. The van der Waals surface area contributed by atoms with Gasteiger partial charge < -0.3 is 15.2 Å². The first-order valence-corrected chi connectivity index (χ1v) is 7.92. The van der Waals surface area contributed by atoms with Gasteiger partial charge in [0.05, 0.1) is 12.2 Å². The maximum Gasteiger partial charge on any atom is 0.122 e. The third kappa shape index (κ3) is 3.38. The number of amidine groups is 1. The van der Waals surface area contributed by atoms with E-state index in [1.807, 2.05) is 24.3 Å². The van der Waals surface area contributed by atoms with Gasteiger partial charge in [0, 0.05) is 18.4 Å². The molecule has 1 saturated heterocycles. The van der Waals surface area contributed by atoms with Crippen LogP contribution in [0.5, 0.6) is 5.75 Å². The molecule has 3 N–H and O–H groups in total. The summed E-state index contributed by atoms with van der Waals surface area (Å²) < 4.78 is 12.2. The van der Waals surface area contributed by atoms with Gasteiger partial charge in [-0.25, -0.2) is 0 Å². The summed E-state index contributed by atoms with van der Waals surface area (Å²) in [6.07, 6.45) is 8.44. The lowest BCUT2D eigenvalue weighted by atomic mass is 9.79. The molecule has 114 valence electrons. The summed E-state index contributed by atoms with van der Waals surface area (Å²) in [6.45, 7) is 0.802. The molecule has 1 unspecified atom stereocenters. The molecule has 1 heterocycles. The van der Waals surface area contributed by atoms with Gasteiger partial charge in [-0.1, -0.05) is 19.3 Å². The van der Waals surface area contributed by atoms with E-state index in [0.29, 0.717) is 0 Å². The number of nitrogen functional groups attached to an aromatic ring is 1. The Morgan fingerprint density at radius 1 is 1.19 bits per heavy atom. The first-order chi connectivity index (χ1) is 10.2. The summed E-state index contributed by atoms with van der Waals surface area (Å²) in [5.41, 5.74) is 6.27. The van der Waals surface area contributed by atoms with Crippen molar-refractivity contribution in [3.05, 3.63) is 29.8 Å². The van der Waals surface area contributed by atoms with Crippen molar-refractivity contribution < 1.29 is 9.47 Å². The molecule has 1 aliphatic heterocycles. The SMILES string of the molecule is N=C(N)c1ccc(OC2CCOC3(CCCCC3)C2)cc1. The lowest BCUT2D eigenvalue weighted by molar-refractivity contribution is -0.129. The van der Waals surface area contributed by atoms with Gasteiger partial charge in [-0.3, -0.25) is 5.41 Å². The highest BCUT2D eigenvalue weighted by Crippen LogP contribution is 2.39. The molecule has 1 spiro atoms. The van der Waals surface area contributed by atoms with Gasteiger partial charge in [0.15, 0.2) is 0 Å². The largest absolute Gasteiger partial charge is 0.490 e. The third-order valence-electron chi connectivity index (χ3n) is 4.68. The second kappa shape index (κ2) is 6.06. The second-order valence-corrected chi connectivity index (χ2v) is 6.26. The summed E-state index contributed by atoms with van der Waals surface area (Å²) >= 11 is 0. The van der Waals surface area contributed by atoms with Crippen LogP contribution in [-0.2, 0) is 4.74 Å². The van der Waals surface area contributed by atoms with Gasteiger partial charge in [-0.15, -0.1) is 0 Å². The van der Waals surface area contributed by atoms with Crippen molar-refractivity contribution in [3.8, 4) is 5.75 Å². The summed E-state index contributed by atoms with van der Waals surface area (Å²) in [4.78, 5) is 0. The molecule has 0 amide bonds. The summed E-state index contributed by atoms with van der Waals surface area (Å²) in [5, 5.41) is 7.41. The quantitative estimate of drug-likeness (QED) is 0.662. The van der Waals surface area contributed by atoms with Crippen molar-refractivity contribution in [2.24, 2.45) is 5.73 Å². The highest BCUT2D eigenvalue weighted by atomic mass is 16.5. The van der Waals surface area contributed by atoms with Gasteiger partial charge in [-0.05, 0) is 37.1 Å². The van der Waals surface area contributed by atoms with E-state index in [-0.39, 0.29) is 17.5 Å². The van der Waals surface area contributed by atoms with Crippen molar-refractivity contribution in [2.45, 2.75) is 56.7 Å². The van der Waals surface area contributed by atoms with E-state index in [4.69, 9.17) is 20.6 Å². The predicted molar refractivity (Wildman–Crippen MR) is 82.9 cm³/mol. The minimum Gasteiger partial charge on any atom is -0.490 e. The Kier molecular flexibility index (Phi) is 4.15. The van der Waals surface area contributed by atoms with Crippen molar-refractivity contribution in [1.82, 2.24) is 0 Å². The molecule has 0 radical (unpaired) electrons. The molecule has 3 rings (SSSR count). The van der Waals surface area contributed by atoms with Crippen LogP contribution in [0.1, 0.15) is 50.5 Å². The van der Waals surface area contributed by atoms with E-state index in [1.165, 1.54) is 32.1 Å². The number of hydrogen-bond acceptors (Lipinski definition) is 3. The second-order valence-electron chi connectivity index (χ2n) is 6.26. The maximum atomic E-state index is 7.41. The Labute approximate surface area is 126 Å². The molecule has 2 aliphatic rings. The third-order valence-corrected chi connectivity index (χ3v) is 4.68. The van der Waals surface area contributed by atoms with Crippen LogP contribution < -0.4 is 10.5 Å². The number of rotatable bonds is 3. The van der Waals surface area contributed by atoms with Crippen molar-refractivity contribution in [3.63, 3.8) is 0 Å². The standard InChI is InChI=1S/C17H24N2O2/c18-16(19)13-4-6-14(7-5-13)21-15-8-11-20-17(12-15)9-2-1-3-10-17/h4-7,15H,1-3,8-12H2,(H3,18,19). The lowest BCUT2D eigenvalue weighted by Crippen LogP contribution is -2.45. The molecule has 2 fully saturated rings. The molecule has 0 bridgehead atoms. The molecule has 1 aliphatic carbocycles. The minimum atomic E-state index is 0.0699. The molecular weight excluding hydrogens is 264 g/mol. The summed E-state index contributed by atoms with van der Waals surface area (Å²) in [6, 6.07) is 7.49. The van der Waals surface area contributed by atoms with E-state index < -0.39 is 0 Å². The van der Waals surface area contributed by atoms with Crippen molar-refractivity contribution in [1.29, 1.82) is 5.41 Å². The fourth-order valence-corrected chi connectivity index (χ4v) is 3.53. The van der Waals surface area contributed by atoms with E-state index in [2.05, 4.69) is 0 Å². The Hall–Kier alpha value is -1.55. The van der Waals surface area contributed by atoms with Gasteiger partial charge >= 0.3 is 0 Å².